The van der Waals surface area contributed by atoms with Gasteiger partial charge < -0.3 is 18.9 Å². The van der Waals surface area contributed by atoms with Crippen molar-refractivity contribution in [2.75, 3.05) is 33.0 Å². The summed E-state index contributed by atoms with van der Waals surface area (Å²) in [6.45, 7) is 3.19. The van der Waals surface area contributed by atoms with E-state index in [1.807, 2.05) is 36.4 Å². The highest BCUT2D eigenvalue weighted by molar-refractivity contribution is 5.92. The van der Waals surface area contributed by atoms with Gasteiger partial charge >= 0.3 is 11.9 Å². The van der Waals surface area contributed by atoms with E-state index >= 15 is 0 Å². The third kappa shape index (κ3) is 8.48. The molecule has 11 heteroatoms. The number of hydrogen-bond donors (Lipinski definition) is 1. The molecule has 4 rings (SSSR count). The molecule has 0 aliphatic rings. The number of aromatic amines is 1. The number of nitrogens with zero attached hydrogens (tertiary/aromatic N) is 3. The first-order chi connectivity index (χ1) is 20.6. The van der Waals surface area contributed by atoms with Crippen LogP contribution in [0.4, 0.5) is 11.4 Å². The van der Waals surface area contributed by atoms with Gasteiger partial charge in [-0.2, -0.15) is 5.11 Å². The number of aromatic nitrogens is 2. The molecular formula is C31H32N4O7. The molecule has 0 amide bonds. The van der Waals surface area contributed by atoms with Gasteiger partial charge in [0, 0.05) is 6.61 Å². The molecule has 1 N–H and O–H groups in total. The molecule has 0 saturated carbocycles. The topological polar surface area (TPSA) is 134 Å². The zero-order valence-corrected chi connectivity index (χ0v) is 23.2. The molecule has 0 radical (unpaired) electrons. The average molecular weight is 573 g/mol. The van der Waals surface area contributed by atoms with Crippen LogP contribution in [0.5, 0.6) is 5.75 Å². The molecule has 0 saturated heterocycles. The molecule has 218 valence electrons. The van der Waals surface area contributed by atoms with Crippen LogP contribution < -0.4 is 10.3 Å². The van der Waals surface area contributed by atoms with E-state index < -0.39 is 17.5 Å². The van der Waals surface area contributed by atoms with Crippen molar-refractivity contribution in [2.24, 2.45) is 10.2 Å². The fourth-order valence-corrected chi connectivity index (χ4v) is 3.70. The molecule has 0 atom stereocenters. The molecule has 3 aromatic carbocycles. The summed E-state index contributed by atoms with van der Waals surface area (Å²) in [5, 5.41) is 11.0. The monoisotopic (exact) mass is 572 g/mol. The zero-order chi connectivity index (χ0) is 29.6. The number of nitrogens with one attached hydrogen (secondary N) is 1. The van der Waals surface area contributed by atoms with E-state index in [0.29, 0.717) is 29.3 Å². The Hall–Kier alpha value is -5.03. The van der Waals surface area contributed by atoms with Crippen LogP contribution in [-0.4, -0.2) is 54.8 Å². The van der Waals surface area contributed by atoms with E-state index in [-0.39, 0.29) is 37.8 Å². The van der Waals surface area contributed by atoms with Crippen LogP contribution in [0.25, 0.3) is 5.69 Å². The van der Waals surface area contributed by atoms with Crippen LogP contribution >= 0.6 is 0 Å². The number of benzene rings is 3. The Morgan fingerprint density at radius 2 is 1.43 bits per heavy atom. The predicted octanol–water partition coefficient (Wildman–Crippen LogP) is 5.79. The van der Waals surface area contributed by atoms with Gasteiger partial charge in [-0.15, -0.1) is 5.11 Å². The highest BCUT2D eigenvalue weighted by atomic mass is 16.6. The van der Waals surface area contributed by atoms with E-state index in [1.165, 1.54) is 16.8 Å². The van der Waals surface area contributed by atoms with Crippen molar-refractivity contribution in [3.63, 3.8) is 0 Å². The Kier molecular flexibility index (Phi) is 11.2. The maximum absolute atomic E-state index is 13.2. The second-order valence-corrected chi connectivity index (χ2v) is 8.96. The second kappa shape index (κ2) is 15.7. The third-order valence-corrected chi connectivity index (χ3v) is 5.88. The van der Waals surface area contributed by atoms with Crippen molar-refractivity contribution >= 4 is 23.3 Å². The predicted molar refractivity (Wildman–Crippen MR) is 155 cm³/mol. The Labute approximate surface area is 242 Å². The van der Waals surface area contributed by atoms with Crippen molar-refractivity contribution < 1.29 is 28.5 Å². The summed E-state index contributed by atoms with van der Waals surface area (Å²) in [5.74, 6) is -0.589. The SMILES string of the molecule is CCCCOCCOC(=O)c1[nH]n(-c2ccccc2)c(=O)c1N=Nc1ccc(C(=O)OCCOc2ccccc2)cc1. The van der Waals surface area contributed by atoms with E-state index in [2.05, 4.69) is 22.3 Å². The Morgan fingerprint density at radius 3 is 2.14 bits per heavy atom. The minimum atomic E-state index is -0.760. The van der Waals surface area contributed by atoms with Crippen LogP contribution in [0.1, 0.15) is 40.6 Å². The van der Waals surface area contributed by atoms with Gasteiger partial charge in [-0.3, -0.25) is 9.89 Å². The van der Waals surface area contributed by atoms with Gasteiger partial charge in [0.15, 0.2) is 11.4 Å². The quantitative estimate of drug-likeness (QED) is 0.108. The van der Waals surface area contributed by atoms with E-state index in [1.54, 1.807) is 36.4 Å². The standard InChI is InChI=1S/C31H32N4O7/c1-2-3-18-39-19-20-42-31(38)28-27(29(36)35(34-28)25-10-6-4-7-11-25)33-32-24-16-14-23(15-17-24)30(37)41-22-21-40-26-12-8-5-9-13-26/h4-17,34H,2-3,18-22H2,1H3. The summed E-state index contributed by atoms with van der Waals surface area (Å²) in [4.78, 5) is 38.4. The summed E-state index contributed by atoms with van der Waals surface area (Å²) in [6.07, 6.45) is 1.91. The molecule has 11 nitrogen and oxygen atoms in total. The lowest BCUT2D eigenvalue weighted by Gasteiger charge is -2.07. The number of carbonyl (C=O) groups excluding carboxylic acids is 2. The summed E-state index contributed by atoms with van der Waals surface area (Å²) < 4.78 is 22.7. The summed E-state index contributed by atoms with van der Waals surface area (Å²) >= 11 is 0. The number of esters is 2. The maximum atomic E-state index is 13.2. The smallest absolute Gasteiger partial charge is 0.358 e. The molecule has 0 bridgehead atoms. The fourth-order valence-electron chi connectivity index (χ4n) is 3.70. The van der Waals surface area contributed by atoms with Crippen LogP contribution in [0.3, 0.4) is 0 Å². The van der Waals surface area contributed by atoms with Gasteiger partial charge in [-0.05, 0) is 55.0 Å². The minimum Gasteiger partial charge on any atom is -0.490 e. The van der Waals surface area contributed by atoms with Gasteiger partial charge in [0.1, 0.15) is 25.6 Å². The lowest BCUT2D eigenvalue weighted by Crippen LogP contribution is -2.14. The molecule has 0 aliphatic carbocycles. The molecule has 1 aromatic heterocycles. The molecular weight excluding hydrogens is 540 g/mol. The highest BCUT2D eigenvalue weighted by Gasteiger charge is 2.22. The first-order valence-electron chi connectivity index (χ1n) is 13.6. The lowest BCUT2D eigenvalue weighted by atomic mass is 10.2. The van der Waals surface area contributed by atoms with Gasteiger partial charge in [-0.1, -0.05) is 49.7 Å². The number of ether oxygens (including phenoxy) is 4. The molecule has 42 heavy (non-hydrogen) atoms. The number of para-hydroxylation sites is 2. The summed E-state index contributed by atoms with van der Waals surface area (Å²) in [5.41, 5.74) is 0.255. The molecule has 4 aromatic rings. The van der Waals surface area contributed by atoms with Crippen LogP contribution in [0.2, 0.25) is 0 Å². The number of carbonyl (C=O) groups is 2. The van der Waals surface area contributed by atoms with Crippen molar-refractivity contribution in [3.05, 3.63) is 107 Å². The Bertz CT molecular complexity index is 1510. The van der Waals surface area contributed by atoms with Gasteiger partial charge in [0.25, 0.3) is 5.56 Å². The lowest BCUT2D eigenvalue weighted by molar-refractivity contribution is 0.0308. The van der Waals surface area contributed by atoms with Crippen molar-refractivity contribution in [3.8, 4) is 11.4 Å². The van der Waals surface area contributed by atoms with Gasteiger partial charge in [-0.25, -0.2) is 14.3 Å². The third-order valence-electron chi connectivity index (χ3n) is 5.88. The number of unbranched alkanes of at least 4 members (excludes halogenated alkanes) is 1. The highest BCUT2D eigenvalue weighted by Crippen LogP contribution is 2.21. The molecule has 0 unspecified atom stereocenters. The molecule has 0 spiro atoms. The van der Waals surface area contributed by atoms with Gasteiger partial charge in [0.2, 0.25) is 0 Å². The van der Waals surface area contributed by atoms with Crippen LogP contribution in [-0.2, 0) is 14.2 Å². The first-order valence-corrected chi connectivity index (χ1v) is 13.6. The van der Waals surface area contributed by atoms with Crippen LogP contribution in [0, 0.1) is 0 Å². The molecule has 0 fully saturated rings. The second-order valence-electron chi connectivity index (χ2n) is 8.96. The first kappa shape index (κ1) is 29.9. The Balaban J connectivity index is 1.41. The number of rotatable bonds is 15. The van der Waals surface area contributed by atoms with Crippen LogP contribution in [0.15, 0.2) is 100.0 Å². The largest absolute Gasteiger partial charge is 0.490 e. The van der Waals surface area contributed by atoms with Crippen molar-refractivity contribution in [1.82, 2.24) is 9.78 Å². The van der Waals surface area contributed by atoms with Gasteiger partial charge in [0.05, 0.1) is 23.5 Å². The Morgan fingerprint density at radius 1 is 0.762 bits per heavy atom. The molecule has 1 heterocycles. The summed E-state index contributed by atoms with van der Waals surface area (Å²) in [6, 6.07) is 24.1. The minimum absolute atomic E-state index is 0.0214. The molecule has 0 aliphatic heterocycles. The fraction of sp³-hybridized carbons (Fsp3) is 0.258. The zero-order valence-electron chi connectivity index (χ0n) is 23.2. The average Bonchev–Trinajstić information content (AvgIpc) is 3.36. The number of hydrogen-bond acceptors (Lipinski definition) is 9. The summed E-state index contributed by atoms with van der Waals surface area (Å²) in [7, 11) is 0. The number of H-pyrrole nitrogens is 1. The maximum Gasteiger partial charge on any atom is 0.358 e. The number of azo groups is 1. The van der Waals surface area contributed by atoms with Crippen molar-refractivity contribution in [1.29, 1.82) is 0 Å². The normalized spacial score (nSPS) is 11.0. The van der Waals surface area contributed by atoms with E-state index in [9.17, 15) is 14.4 Å². The van der Waals surface area contributed by atoms with E-state index in [4.69, 9.17) is 18.9 Å². The van der Waals surface area contributed by atoms with E-state index in [0.717, 1.165) is 12.8 Å². The van der Waals surface area contributed by atoms with Crippen molar-refractivity contribution in [2.45, 2.75) is 19.8 Å².